The van der Waals surface area contributed by atoms with Gasteiger partial charge in [-0.3, -0.25) is 0 Å². The summed E-state index contributed by atoms with van der Waals surface area (Å²) in [5.41, 5.74) is 1.27. The number of aromatic nitrogens is 3. The number of rotatable bonds is 3. The number of aromatic carboxylic acids is 1. The van der Waals surface area contributed by atoms with Crippen LogP contribution >= 0.6 is 11.3 Å². The van der Waals surface area contributed by atoms with Crippen LogP contribution in [0.5, 0.6) is 5.88 Å². The number of hydrogen-bond donors (Lipinski definition) is 1. The van der Waals surface area contributed by atoms with Crippen LogP contribution in [0.15, 0.2) is 29.8 Å². The van der Waals surface area contributed by atoms with Crippen LogP contribution in [0.1, 0.15) is 10.5 Å². The van der Waals surface area contributed by atoms with E-state index in [9.17, 15) is 9.90 Å². The number of pyridine rings is 1. The smallest absolute Gasteiger partial charge is 0.356 e. The fraction of sp³-hybridized carbons (Fsp3) is 0.0769. The van der Waals surface area contributed by atoms with E-state index >= 15 is 0 Å². The Morgan fingerprint density at radius 1 is 1.30 bits per heavy atom. The summed E-state index contributed by atoms with van der Waals surface area (Å²) < 4.78 is 5.55. The van der Waals surface area contributed by atoms with Crippen molar-refractivity contribution < 1.29 is 14.6 Å². The van der Waals surface area contributed by atoms with E-state index in [0.29, 0.717) is 27.5 Å². The Labute approximate surface area is 117 Å². The third-order valence-electron chi connectivity index (χ3n) is 2.71. The first-order valence-electron chi connectivity index (χ1n) is 5.68. The molecule has 3 aromatic heterocycles. The van der Waals surface area contributed by atoms with E-state index in [2.05, 4.69) is 15.0 Å². The van der Waals surface area contributed by atoms with Crippen LogP contribution in [0.3, 0.4) is 0 Å². The predicted molar refractivity (Wildman–Crippen MR) is 74.2 cm³/mol. The Morgan fingerprint density at radius 2 is 2.15 bits per heavy atom. The monoisotopic (exact) mass is 287 g/mol. The summed E-state index contributed by atoms with van der Waals surface area (Å²) >= 11 is 1.31. The van der Waals surface area contributed by atoms with Gasteiger partial charge in [0.1, 0.15) is 0 Å². The Balaban J connectivity index is 2.17. The second-order valence-corrected chi connectivity index (χ2v) is 4.84. The molecule has 0 atom stereocenters. The summed E-state index contributed by atoms with van der Waals surface area (Å²) in [5, 5.41) is 11.0. The van der Waals surface area contributed by atoms with E-state index in [1.54, 1.807) is 29.8 Å². The lowest BCUT2D eigenvalue weighted by atomic mass is 10.2. The SMILES string of the molecule is COc1ccc(-c2nc(C(=O)O)c3sccc3n2)cn1. The van der Waals surface area contributed by atoms with Gasteiger partial charge in [-0.2, -0.15) is 0 Å². The van der Waals surface area contributed by atoms with E-state index in [1.807, 2.05) is 0 Å². The van der Waals surface area contributed by atoms with Crippen molar-refractivity contribution in [2.75, 3.05) is 7.11 Å². The largest absolute Gasteiger partial charge is 0.481 e. The van der Waals surface area contributed by atoms with E-state index in [-0.39, 0.29) is 5.69 Å². The summed E-state index contributed by atoms with van der Waals surface area (Å²) in [7, 11) is 1.53. The number of ether oxygens (including phenoxy) is 1. The van der Waals surface area contributed by atoms with Crippen LogP contribution in [-0.2, 0) is 0 Å². The molecule has 1 N–H and O–H groups in total. The summed E-state index contributed by atoms with van der Waals surface area (Å²) in [6.07, 6.45) is 1.55. The Kier molecular flexibility index (Phi) is 3.03. The maximum atomic E-state index is 11.3. The van der Waals surface area contributed by atoms with Crippen molar-refractivity contribution in [2.45, 2.75) is 0 Å². The minimum Gasteiger partial charge on any atom is -0.481 e. The molecule has 0 saturated heterocycles. The highest BCUT2D eigenvalue weighted by Crippen LogP contribution is 2.26. The van der Waals surface area contributed by atoms with Crippen molar-refractivity contribution in [1.29, 1.82) is 0 Å². The molecule has 0 aliphatic heterocycles. The molecular weight excluding hydrogens is 278 g/mol. The summed E-state index contributed by atoms with van der Waals surface area (Å²) in [6.45, 7) is 0. The molecule has 3 rings (SSSR count). The van der Waals surface area contributed by atoms with Crippen LogP contribution in [0.4, 0.5) is 0 Å². The van der Waals surface area contributed by atoms with Crippen LogP contribution < -0.4 is 4.74 Å². The predicted octanol–water partition coefficient (Wildman–Crippen LogP) is 2.46. The maximum absolute atomic E-state index is 11.3. The molecule has 100 valence electrons. The lowest BCUT2D eigenvalue weighted by molar-refractivity contribution is 0.0693. The van der Waals surface area contributed by atoms with Gasteiger partial charge in [0, 0.05) is 17.8 Å². The number of thiophene rings is 1. The average Bonchev–Trinajstić information content (AvgIpc) is 2.94. The Bertz CT molecular complexity index is 783. The fourth-order valence-electron chi connectivity index (χ4n) is 1.77. The molecule has 0 aromatic carbocycles. The first-order valence-corrected chi connectivity index (χ1v) is 6.56. The van der Waals surface area contributed by atoms with Crippen molar-refractivity contribution in [1.82, 2.24) is 15.0 Å². The van der Waals surface area contributed by atoms with E-state index < -0.39 is 5.97 Å². The molecular formula is C13H9N3O3S. The van der Waals surface area contributed by atoms with Gasteiger partial charge in [-0.25, -0.2) is 19.7 Å². The first-order chi connectivity index (χ1) is 9.69. The van der Waals surface area contributed by atoms with E-state index in [0.717, 1.165) is 0 Å². The number of carboxylic acid groups (broad SMARTS) is 1. The second-order valence-electron chi connectivity index (χ2n) is 3.93. The summed E-state index contributed by atoms with van der Waals surface area (Å²) in [5.74, 6) is -0.255. The molecule has 6 nitrogen and oxygen atoms in total. The number of methoxy groups -OCH3 is 1. The van der Waals surface area contributed by atoms with Crippen LogP contribution in [0.2, 0.25) is 0 Å². The molecule has 0 aliphatic rings. The quantitative estimate of drug-likeness (QED) is 0.796. The van der Waals surface area contributed by atoms with Gasteiger partial charge in [-0.05, 0) is 17.5 Å². The highest BCUT2D eigenvalue weighted by molar-refractivity contribution is 7.17. The van der Waals surface area contributed by atoms with Gasteiger partial charge in [-0.15, -0.1) is 11.3 Å². The zero-order chi connectivity index (χ0) is 14.1. The van der Waals surface area contributed by atoms with Gasteiger partial charge in [0.05, 0.1) is 17.3 Å². The normalized spacial score (nSPS) is 10.7. The first kappa shape index (κ1) is 12.5. The molecule has 0 amide bonds. The van der Waals surface area contributed by atoms with Crippen molar-refractivity contribution in [3.05, 3.63) is 35.5 Å². The summed E-state index contributed by atoms with van der Waals surface area (Å²) in [4.78, 5) is 23.8. The highest BCUT2D eigenvalue weighted by Gasteiger charge is 2.16. The minimum atomic E-state index is -1.07. The number of carboxylic acids is 1. The lowest BCUT2D eigenvalue weighted by Gasteiger charge is -2.04. The van der Waals surface area contributed by atoms with Crippen LogP contribution in [-0.4, -0.2) is 33.1 Å². The highest BCUT2D eigenvalue weighted by atomic mass is 32.1. The van der Waals surface area contributed by atoms with Crippen molar-refractivity contribution in [3.8, 4) is 17.3 Å². The molecule has 7 heteroatoms. The Morgan fingerprint density at radius 3 is 2.80 bits per heavy atom. The van der Waals surface area contributed by atoms with Gasteiger partial charge in [0.25, 0.3) is 0 Å². The number of fused-ring (bicyclic) bond motifs is 1. The lowest BCUT2D eigenvalue weighted by Crippen LogP contribution is -2.03. The van der Waals surface area contributed by atoms with E-state index in [1.165, 1.54) is 18.4 Å². The molecule has 0 spiro atoms. The second kappa shape index (κ2) is 4.86. The Hall–Kier alpha value is -2.54. The zero-order valence-corrected chi connectivity index (χ0v) is 11.2. The fourth-order valence-corrected chi connectivity index (χ4v) is 2.58. The van der Waals surface area contributed by atoms with Crippen LogP contribution in [0, 0.1) is 0 Å². The standard InChI is InChI=1S/C13H9N3O3S/c1-19-9-3-2-7(6-14-9)12-15-8-4-5-20-11(8)10(16-12)13(17)18/h2-6H,1H3,(H,17,18). The molecule has 3 heterocycles. The van der Waals surface area contributed by atoms with E-state index in [4.69, 9.17) is 4.74 Å². The molecule has 0 aliphatic carbocycles. The summed E-state index contributed by atoms with van der Waals surface area (Å²) in [6, 6.07) is 5.19. The van der Waals surface area contributed by atoms with Crippen molar-refractivity contribution >= 4 is 27.5 Å². The minimum absolute atomic E-state index is 0.0100. The van der Waals surface area contributed by atoms with Gasteiger partial charge < -0.3 is 9.84 Å². The van der Waals surface area contributed by atoms with Crippen molar-refractivity contribution in [2.24, 2.45) is 0 Å². The molecule has 0 fully saturated rings. The molecule has 0 radical (unpaired) electrons. The average molecular weight is 287 g/mol. The number of nitrogens with zero attached hydrogens (tertiary/aromatic N) is 3. The van der Waals surface area contributed by atoms with Gasteiger partial charge in [-0.1, -0.05) is 0 Å². The zero-order valence-electron chi connectivity index (χ0n) is 10.4. The molecule has 3 aromatic rings. The topological polar surface area (TPSA) is 85.2 Å². The molecule has 0 saturated carbocycles. The van der Waals surface area contributed by atoms with Gasteiger partial charge >= 0.3 is 5.97 Å². The van der Waals surface area contributed by atoms with Gasteiger partial charge in [0.2, 0.25) is 5.88 Å². The number of hydrogen-bond acceptors (Lipinski definition) is 6. The third-order valence-corrected chi connectivity index (χ3v) is 3.62. The van der Waals surface area contributed by atoms with Crippen molar-refractivity contribution in [3.63, 3.8) is 0 Å². The molecule has 0 unspecified atom stereocenters. The molecule has 0 bridgehead atoms. The molecule has 20 heavy (non-hydrogen) atoms. The maximum Gasteiger partial charge on any atom is 0.356 e. The van der Waals surface area contributed by atoms with Gasteiger partial charge in [0.15, 0.2) is 11.5 Å². The number of carbonyl (C=O) groups is 1. The third kappa shape index (κ3) is 2.08. The van der Waals surface area contributed by atoms with Crippen LogP contribution in [0.25, 0.3) is 21.6 Å².